The molecule has 0 saturated carbocycles. The molecule has 1 aliphatic rings. The molecule has 1 aromatic rings. The fraction of sp³-hybridized carbons (Fsp3) is 0.286. The van der Waals surface area contributed by atoms with E-state index in [0.29, 0.717) is 6.85 Å². The monoisotopic (exact) mass is 164 g/mol. The Bertz CT molecular complexity index is 294. The predicted molar refractivity (Wildman–Crippen MR) is 50.9 cm³/mol. The van der Waals surface area contributed by atoms with Crippen LogP contribution in [0.3, 0.4) is 0 Å². The van der Waals surface area contributed by atoms with E-state index in [1.54, 1.807) is 11.3 Å². The molecule has 0 N–H and O–H groups in total. The van der Waals surface area contributed by atoms with Gasteiger partial charge in [0.1, 0.15) is 0 Å². The number of hydrogen-bond acceptors (Lipinski definition) is 3. The molecule has 11 heavy (non-hydrogen) atoms. The maximum atomic E-state index is 4.24. The third-order valence-corrected chi connectivity index (χ3v) is 3.15. The van der Waals surface area contributed by atoms with Crippen molar-refractivity contribution in [3.8, 4) is 0 Å². The minimum absolute atomic E-state index is 0.440. The minimum atomic E-state index is 0.440. The first-order chi connectivity index (χ1) is 5.29. The van der Waals surface area contributed by atoms with Crippen LogP contribution in [0.4, 0.5) is 0 Å². The summed E-state index contributed by atoms with van der Waals surface area (Å²) in [5.41, 5.74) is 1.28. The maximum absolute atomic E-state index is 4.24. The fourth-order valence-electron chi connectivity index (χ4n) is 1.20. The fourth-order valence-corrected chi connectivity index (χ4v) is 2.17. The van der Waals surface area contributed by atoms with E-state index in [9.17, 15) is 0 Å². The molecule has 1 aliphatic heterocycles. The van der Waals surface area contributed by atoms with Crippen molar-refractivity contribution in [1.29, 1.82) is 0 Å². The molecule has 1 aromatic heterocycles. The predicted octanol–water partition coefficient (Wildman–Crippen LogP) is 0.856. The molecule has 0 atom stereocenters. The first-order valence-electron chi connectivity index (χ1n) is 3.63. The van der Waals surface area contributed by atoms with Crippen molar-refractivity contribution in [2.24, 2.45) is 5.10 Å². The second-order valence-electron chi connectivity index (χ2n) is 2.73. The van der Waals surface area contributed by atoms with Gasteiger partial charge in [-0.05, 0) is 11.4 Å². The lowest BCUT2D eigenvalue weighted by Crippen LogP contribution is -2.43. The van der Waals surface area contributed by atoms with Gasteiger partial charge in [-0.25, -0.2) is 0 Å². The van der Waals surface area contributed by atoms with Gasteiger partial charge < -0.3 is 4.92 Å². The van der Waals surface area contributed by atoms with Crippen molar-refractivity contribution < 1.29 is 0 Å². The summed E-state index contributed by atoms with van der Waals surface area (Å²) in [5, 5.41) is 6.36. The van der Waals surface area contributed by atoms with E-state index >= 15 is 0 Å². The second kappa shape index (κ2) is 2.38. The summed E-state index contributed by atoms with van der Waals surface area (Å²) >= 11 is 1.80. The Kier molecular flexibility index (Phi) is 1.49. The van der Waals surface area contributed by atoms with Crippen LogP contribution in [0.5, 0.6) is 0 Å². The van der Waals surface area contributed by atoms with Crippen LogP contribution in [0, 0.1) is 0 Å². The van der Waals surface area contributed by atoms with Gasteiger partial charge in [0.25, 0.3) is 0 Å². The van der Waals surface area contributed by atoms with Gasteiger partial charge in [0, 0.05) is 17.4 Å². The number of nitrogens with zero attached hydrogens (tertiary/aromatic N) is 2. The zero-order valence-corrected chi connectivity index (χ0v) is 7.43. The van der Waals surface area contributed by atoms with Crippen LogP contribution in [0.1, 0.15) is 5.56 Å². The third-order valence-electron chi connectivity index (χ3n) is 2.05. The molecule has 0 bridgehead atoms. The molecular weight excluding hydrogens is 155 g/mol. The highest BCUT2D eigenvalue weighted by atomic mass is 32.1. The zero-order valence-electron chi connectivity index (χ0n) is 6.61. The Morgan fingerprint density at radius 3 is 3.27 bits per heavy atom. The highest BCUT2D eigenvalue weighted by Crippen LogP contribution is 2.09. The molecule has 0 fully saturated rings. The van der Waals surface area contributed by atoms with Crippen molar-refractivity contribution in [3.05, 3.63) is 17.0 Å². The number of hydrazone groups is 1. The largest absolute Gasteiger partial charge is 0.337 e. The number of rotatable bonds is 0. The van der Waals surface area contributed by atoms with Gasteiger partial charge in [0.15, 0.2) is 0 Å². The summed E-state index contributed by atoms with van der Waals surface area (Å²) in [6.07, 6.45) is 1.92. The lowest BCUT2D eigenvalue weighted by molar-refractivity contribution is 0.572. The van der Waals surface area contributed by atoms with Gasteiger partial charge in [-0.3, -0.25) is 0 Å². The Hall–Kier alpha value is -0.765. The van der Waals surface area contributed by atoms with E-state index in [1.807, 2.05) is 18.2 Å². The standard InChI is InChI=1S/C7H9BN2S/c1-8-7-6(3-4-11-7)5-9-10(8)2/h3-5H,1-2H3. The van der Waals surface area contributed by atoms with Gasteiger partial charge in [-0.2, -0.15) is 16.4 Å². The van der Waals surface area contributed by atoms with Crippen LogP contribution in [-0.2, 0) is 0 Å². The number of thiophene rings is 1. The molecule has 0 aromatic carbocycles. The lowest BCUT2D eigenvalue weighted by Gasteiger charge is -2.21. The van der Waals surface area contributed by atoms with Crippen LogP contribution < -0.4 is 4.78 Å². The first-order valence-corrected chi connectivity index (χ1v) is 4.51. The molecule has 0 aliphatic carbocycles. The Labute approximate surface area is 70.6 Å². The quantitative estimate of drug-likeness (QED) is 0.519. The van der Waals surface area contributed by atoms with Crippen molar-refractivity contribution in [1.82, 2.24) is 4.92 Å². The molecule has 0 saturated heterocycles. The second-order valence-corrected chi connectivity index (χ2v) is 3.68. The summed E-state index contributed by atoms with van der Waals surface area (Å²) in [6.45, 7) is 2.61. The first kappa shape index (κ1) is 6.92. The summed E-state index contributed by atoms with van der Waals surface area (Å²) in [7, 11) is 2.00. The Morgan fingerprint density at radius 2 is 2.45 bits per heavy atom. The average molecular weight is 164 g/mol. The molecule has 0 radical (unpaired) electrons. The van der Waals surface area contributed by atoms with Gasteiger partial charge in [-0.15, -0.1) is 0 Å². The summed E-state index contributed by atoms with van der Waals surface area (Å²) in [6, 6.07) is 2.12. The van der Waals surface area contributed by atoms with Crippen LogP contribution in [0.25, 0.3) is 0 Å². The summed E-state index contributed by atoms with van der Waals surface area (Å²) < 4.78 is 1.42. The van der Waals surface area contributed by atoms with Crippen molar-refractivity contribution in [2.45, 2.75) is 6.82 Å². The molecule has 56 valence electrons. The van der Waals surface area contributed by atoms with Gasteiger partial charge >= 0.3 is 6.85 Å². The van der Waals surface area contributed by atoms with Crippen LogP contribution >= 0.6 is 11.3 Å². The van der Waals surface area contributed by atoms with Crippen molar-refractivity contribution in [3.63, 3.8) is 0 Å². The van der Waals surface area contributed by atoms with Crippen molar-refractivity contribution >= 4 is 29.2 Å². The summed E-state index contributed by atoms with van der Waals surface area (Å²) in [5.74, 6) is 0. The van der Waals surface area contributed by atoms with Crippen LogP contribution in [-0.4, -0.2) is 25.0 Å². The van der Waals surface area contributed by atoms with E-state index in [-0.39, 0.29) is 0 Å². The Morgan fingerprint density at radius 1 is 1.64 bits per heavy atom. The molecular formula is C7H9BN2S. The number of fused-ring (bicyclic) bond motifs is 1. The van der Waals surface area contributed by atoms with Crippen LogP contribution in [0.15, 0.2) is 16.5 Å². The van der Waals surface area contributed by atoms with E-state index in [4.69, 9.17) is 0 Å². The molecule has 2 nitrogen and oxygen atoms in total. The zero-order chi connectivity index (χ0) is 7.84. The highest BCUT2D eigenvalue weighted by molar-refractivity contribution is 7.22. The summed E-state index contributed by atoms with van der Waals surface area (Å²) in [4.78, 5) is 1.98. The van der Waals surface area contributed by atoms with E-state index in [1.165, 1.54) is 10.3 Å². The smallest absolute Gasteiger partial charge is 0.316 e. The Balaban J connectivity index is 2.48. The third kappa shape index (κ3) is 0.978. The topological polar surface area (TPSA) is 15.6 Å². The van der Waals surface area contributed by atoms with Gasteiger partial charge in [0.05, 0.1) is 6.21 Å². The average Bonchev–Trinajstić information content (AvgIpc) is 2.45. The van der Waals surface area contributed by atoms with Crippen LogP contribution in [0.2, 0.25) is 6.82 Å². The normalized spacial score (nSPS) is 15.5. The molecule has 2 rings (SSSR count). The van der Waals surface area contributed by atoms with E-state index in [2.05, 4.69) is 23.4 Å². The molecule has 0 amide bonds. The van der Waals surface area contributed by atoms with E-state index in [0.717, 1.165) is 0 Å². The SMILES string of the molecule is CB1c2sccc2C=NN1C. The number of hydrogen-bond donors (Lipinski definition) is 0. The minimum Gasteiger partial charge on any atom is -0.337 e. The molecule has 2 heterocycles. The molecule has 4 heteroatoms. The van der Waals surface area contributed by atoms with E-state index < -0.39 is 0 Å². The van der Waals surface area contributed by atoms with Gasteiger partial charge in [-0.1, -0.05) is 6.82 Å². The maximum Gasteiger partial charge on any atom is 0.316 e. The van der Waals surface area contributed by atoms with Gasteiger partial charge in [0.2, 0.25) is 0 Å². The highest BCUT2D eigenvalue weighted by Gasteiger charge is 2.22. The molecule has 0 spiro atoms. The van der Waals surface area contributed by atoms with Crippen molar-refractivity contribution in [2.75, 3.05) is 7.05 Å². The lowest BCUT2D eigenvalue weighted by atomic mass is 9.61. The molecule has 0 unspecified atom stereocenters.